The van der Waals surface area contributed by atoms with Crippen LogP contribution in [-0.4, -0.2) is 53.7 Å². The van der Waals surface area contributed by atoms with Gasteiger partial charge in [0, 0.05) is 37.8 Å². The van der Waals surface area contributed by atoms with Crippen LogP contribution < -0.4 is 9.64 Å². The predicted octanol–water partition coefficient (Wildman–Crippen LogP) is 3.33. The van der Waals surface area contributed by atoms with E-state index in [9.17, 15) is 13.2 Å². The molecule has 4 heterocycles. The Labute approximate surface area is 149 Å². The fraction of sp³-hybridized carbons (Fsp3) is 0.444. The van der Waals surface area contributed by atoms with Gasteiger partial charge in [-0.2, -0.15) is 0 Å². The van der Waals surface area contributed by atoms with Crippen LogP contribution in [0.1, 0.15) is 12.8 Å². The number of fused-ring (bicyclic) bond motifs is 4. The van der Waals surface area contributed by atoms with E-state index in [0.29, 0.717) is 17.3 Å². The fourth-order valence-corrected chi connectivity index (χ4v) is 3.65. The van der Waals surface area contributed by atoms with Crippen molar-refractivity contribution in [3.8, 4) is 17.0 Å². The van der Waals surface area contributed by atoms with Gasteiger partial charge in [0.15, 0.2) is 5.82 Å². The van der Waals surface area contributed by atoms with E-state index in [1.54, 1.807) is 12.1 Å². The summed E-state index contributed by atoms with van der Waals surface area (Å²) >= 11 is 0. The van der Waals surface area contributed by atoms with Gasteiger partial charge in [0.25, 0.3) is 0 Å². The summed E-state index contributed by atoms with van der Waals surface area (Å²) in [7, 11) is 0. The Balaban J connectivity index is 1.49. The fourth-order valence-electron chi connectivity index (χ4n) is 3.65. The first kappa shape index (κ1) is 17.1. The summed E-state index contributed by atoms with van der Waals surface area (Å²) < 4.78 is 40.6. The van der Waals surface area contributed by atoms with E-state index in [0.717, 1.165) is 44.8 Å². The van der Waals surface area contributed by atoms with Gasteiger partial charge < -0.3 is 14.5 Å². The van der Waals surface area contributed by atoms with Crippen LogP contribution in [-0.2, 0) is 0 Å². The Hall–Kier alpha value is -2.35. The number of nitrogens with zero attached hydrogens (tertiary/aromatic N) is 4. The Morgan fingerprint density at radius 3 is 2.23 bits per heavy atom. The van der Waals surface area contributed by atoms with Crippen LogP contribution in [0.25, 0.3) is 11.3 Å². The van der Waals surface area contributed by atoms with Crippen LogP contribution in [0.5, 0.6) is 5.75 Å². The number of alkyl halides is 3. The maximum absolute atomic E-state index is 12.2. The molecule has 3 fully saturated rings. The second-order valence-electron chi connectivity index (χ2n) is 6.62. The molecule has 26 heavy (non-hydrogen) atoms. The third-order valence-electron chi connectivity index (χ3n) is 4.98. The Morgan fingerprint density at radius 1 is 0.885 bits per heavy atom. The molecule has 3 aliphatic rings. The molecule has 0 spiro atoms. The first-order valence-corrected chi connectivity index (χ1v) is 8.67. The number of piperidine rings is 1. The number of rotatable bonds is 3. The average Bonchev–Trinajstić information content (AvgIpc) is 2.95. The van der Waals surface area contributed by atoms with Gasteiger partial charge in [-0.05, 0) is 49.2 Å². The lowest BCUT2D eigenvalue weighted by molar-refractivity contribution is -0.274. The second-order valence-corrected chi connectivity index (χ2v) is 6.62. The molecule has 1 aromatic heterocycles. The van der Waals surface area contributed by atoms with Gasteiger partial charge in [0.2, 0.25) is 0 Å². The molecule has 1 aromatic carbocycles. The van der Waals surface area contributed by atoms with Crippen LogP contribution in [0.15, 0.2) is 36.4 Å². The minimum absolute atomic E-state index is 0.249. The van der Waals surface area contributed by atoms with Crippen molar-refractivity contribution in [1.82, 2.24) is 15.1 Å². The van der Waals surface area contributed by atoms with E-state index in [-0.39, 0.29) is 5.75 Å². The molecule has 0 radical (unpaired) electrons. The highest BCUT2D eigenvalue weighted by molar-refractivity contribution is 5.60. The van der Waals surface area contributed by atoms with Gasteiger partial charge in [-0.1, -0.05) is 0 Å². The van der Waals surface area contributed by atoms with Crippen molar-refractivity contribution in [1.29, 1.82) is 0 Å². The molecular formula is C18H19F3N4O. The minimum Gasteiger partial charge on any atom is -0.406 e. The van der Waals surface area contributed by atoms with Crippen molar-refractivity contribution in [3.05, 3.63) is 36.4 Å². The molecule has 0 amide bonds. The summed E-state index contributed by atoms with van der Waals surface area (Å²) in [5, 5.41) is 8.64. The highest BCUT2D eigenvalue weighted by Crippen LogP contribution is 2.28. The maximum Gasteiger partial charge on any atom is 0.573 e. The normalized spacial score (nSPS) is 23.0. The summed E-state index contributed by atoms with van der Waals surface area (Å²) in [5.41, 5.74) is 1.32. The van der Waals surface area contributed by atoms with Crippen LogP contribution >= 0.6 is 0 Å². The van der Waals surface area contributed by atoms with E-state index < -0.39 is 6.36 Å². The quantitative estimate of drug-likeness (QED) is 0.836. The Kier molecular flexibility index (Phi) is 4.44. The summed E-state index contributed by atoms with van der Waals surface area (Å²) in [6, 6.07) is 9.96. The van der Waals surface area contributed by atoms with Crippen molar-refractivity contribution in [2.75, 3.05) is 31.1 Å². The second kappa shape index (κ2) is 6.75. The van der Waals surface area contributed by atoms with E-state index in [2.05, 4.69) is 24.7 Å². The monoisotopic (exact) mass is 364 g/mol. The molecule has 5 rings (SSSR count). The van der Waals surface area contributed by atoms with Gasteiger partial charge in [-0.3, -0.25) is 0 Å². The zero-order chi connectivity index (χ0) is 18.1. The first-order chi connectivity index (χ1) is 12.5. The molecule has 2 aromatic rings. The lowest BCUT2D eigenvalue weighted by Gasteiger charge is -2.31. The topological polar surface area (TPSA) is 41.5 Å². The molecule has 3 aliphatic heterocycles. The van der Waals surface area contributed by atoms with Gasteiger partial charge in [0.05, 0.1) is 5.69 Å². The highest BCUT2D eigenvalue weighted by atomic mass is 19.4. The number of hydrogen-bond donors (Lipinski definition) is 0. The van der Waals surface area contributed by atoms with Crippen molar-refractivity contribution in [2.45, 2.75) is 25.2 Å². The molecule has 3 saturated heterocycles. The molecule has 8 heteroatoms. The van der Waals surface area contributed by atoms with Gasteiger partial charge >= 0.3 is 6.36 Å². The largest absolute Gasteiger partial charge is 0.573 e. The van der Waals surface area contributed by atoms with Crippen LogP contribution in [0.2, 0.25) is 0 Å². The lowest BCUT2D eigenvalue weighted by atomic mass is 10.1. The van der Waals surface area contributed by atoms with Crippen molar-refractivity contribution in [3.63, 3.8) is 0 Å². The summed E-state index contributed by atoms with van der Waals surface area (Å²) in [6.07, 6.45) is -2.40. The number of anilines is 1. The lowest BCUT2D eigenvalue weighted by Crippen LogP contribution is -2.38. The molecule has 0 atom stereocenters. The molecule has 2 bridgehead atoms. The molecule has 0 saturated carbocycles. The third kappa shape index (κ3) is 3.75. The zero-order valence-corrected chi connectivity index (χ0v) is 14.1. The average molecular weight is 364 g/mol. The van der Waals surface area contributed by atoms with E-state index >= 15 is 0 Å². The summed E-state index contributed by atoms with van der Waals surface area (Å²) in [5.74, 6) is 0.612. The van der Waals surface area contributed by atoms with Gasteiger partial charge in [0.1, 0.15) is 5.75 Å². The smallest absolute Gasteiger partial charge is 0.406 e. The molecule has 0 unspecified atom stereocenters. The number of hydrogen-bond acceptors (Lipinski definition) is 5. The highest BCUT2D eigenvalue weighted by Gasteiger charge is 2.31. The SMILES string of the molecule is FC(F)(F)Oc1ccc(-c2ccc(N3CCN4CCC3CC4)nn2)cc1. The van der Waals surface area contributed by atoms with E-state index in [1.807, 2.05) is 12.1 Å². The number of aromatic nitrogens is 2. The van der Waals surface area contributed by atoms with Crippen LogP contribution in [0.4, 0.5) is 19.0 Å². The van der Waals surface area contributed by atoms with Crippen molar-refractivity contribution in [2.24, 2.45) is 0 Å². The zero-order valence-electron chi connectivity index (χ0n) is 14.1. The van der Waals surface area contributed by atoms with Crippen molar-refractivity contribution < 1.29 is 17.9 Å². The first-order valence-electron chi connectivity index (χ1n) is 8.67. The molecule has 0 aliphatic carbocycles. The number of benzene rings is 1. The Bertz CT molecular complexity index is 741. The summed E-state index contributed by atoms with van der Waals surface area (Å²) in [6.45, 7) is 4.26. The number of ether oxygens (including phenoxy) is 1. The van der Waals surface area contributed by atoms with Crippen molar-refractivity contribution >= 4 is 5.82 Å². The van der Waals surface area contributed by atoms with Crippen LogP contribution in [0, 0.1) is 0 Å². The van der Waals surface area contributed by atoms with Gasteiger partial charge in [-0.25, -0.2) is 0 Å². The van der Waals surface area contributed by atoms with Gasteiger partial charge in [-0.15, -0.1) is 23.4 Å². The minimum atomic E-state index is -4.69. The predicted molar refractivity (Wildman–Crippen MR) is 91.0 cm³/mol. The Morgan fingerprint density at radius 2 is 1.62 bits per heavy atom. The summed E-state index contributed by atoms with van der Waals surface area (Å²) in [4.78, 5) is 4.80. The molecule has 5 nitrogen and oxygen atoms in total. The molecular weight excluding hydrogens is 345 g/mol. The number of halogens is 3. The maximum atomic E-state index is 12.2. The van der Waals surface area contributed by atoms with E-state index in [4.69, 9.17) is 0 Å². The van der Waals surface area contributed by atoms with Crippen LogP contribution in [0.3, 0.4) is 0 Å². The molecule has 138 valence electrons. The van der Waals surface area contributed by atoms with E-state index in [1.165, 1.54) is 12.1 Å². The third-order valence-corrected chi connectivity index (χ3v) is 4.98. The standard InChI is InChI=1S/C18H19F3N4O/c19-18(20,21)26-15-3-1-13(2-4-15)16-5-6-17(23-22-16)25-12-11-24-9-7-14(25)8-10-24/h1-6,14H,7-12H2. The molecule has 0 N–H and O–H groups in total.